The summed E-state index contributed by atoms with van der Waals surface area (Å²) in [5.41, 5.74) is 1.66. The maximum absolute atomic E-state index is 13.8. The van der Waals surface area contributed by atoms with E-state index in [9.17, 15) is 9.50 Å². The fourth-order valence-corrected chi connectivity index (χ4v) is 5.24. The van der Waals surface area contributed by atoms with Gasteiger partial charge in [0.05, 0.1) is 13.7 Å². The number of phenols is 1. The van der Waals surface area contributed by atoms with Crippen LogP contribution in [-0.4, -0.2) is 10.1 Å². The van der Waals surface area contributed by atoms with Crippen LogP contribution in [0.15, 0.2) is 85.1 Å². The fraction of sp³-hybridized carbons (Fsp3) is 0. The predicted octanol–water partition coefficient (Wildman–Crippen LogP) is 9.82. The quantitative estimate of drug-likeness (QED) is 0.242. The Kier molecular flexibility index (Phi) is 8.08. The van der Waals surface area contributed by atoms with Crippen LogP contribution >= 0.6 is 57.5 Å². The van der Waals surface area contributed by atoms with Gasteiger partial charge in [0, 0.05) is 27.1 Å². The summed E-state index contributed by atoms with van der Waals surface area (Å²) in [6, 6.07) is 23.1. The molecule has 5 aromatic rings. The summed E-state index contributed by atoms with van der Waals surface area (Å²) in [4.78, 5) is 5.79. The number of para-hydroxylation sites is 2. The second-order valence-electron chi connectivity index (χ2n) is 6.76. The molecule has 0 atom stereocenters. The average molecular weight is 551 g/mol. The van der Waals surface area contributed by atoms with Gasteiger partial charge in [-0.15, -0.1) is 22.7 Å². The maximum atomic E-state index is 13.8. The van der Waals surface area contributed by atoms with Crippen molar-refractivity contribution in [2.24, 2.45) is 0 Å². The Morgan fingerprint density at radius 2 is 1.35 bits per heavy atom. The first-order valence-electron chi connectivity index (χ1n) is 9.78. The van der Waals surface area contributed by atoms with E-state index in [1.165, 1.54) is 28.9 Å². The predicted molar refractivity (Wildman–Crippen MR) is 140 cm³/mol. The van der Waals surface area contributed by atoms with Gasteiger partial charge in [0.2, 0.25) is 0 Å². The lowest BCUT2D eigenvalue weighted by Crippen LogP contribution is -1.93. The van der Waals surface area contributed by atoms with E-state index in [2.05, 4.69) is 4.98 Å². The third-order valence-corrected chi connectivity index (χ3v) is 7.18. The second kappa shape index (κ2) is 11.2. The van der Waals surface area contributed by atoms with Crippen molar-refractivity contribution in [2.45, 2.75) is 0 Å². The number of hydrogen-bond donors (Lipinski definition) is 1. The first-order chi connectivity index (χ1) is 16.4. The van der Waals surface area contributed by atoms with Gasteiger partial charge in [-0.1, -0.05) is 59.1 Å². The van der Waals surface area contributed by atoms with Crippen molar-refractivity contribution in [1.29, 1.82) is 0 Å². The Bertz CT molecular complexity index is 1420. The number of rotatable bonds is 4. The summed E-state index contributed by atoms with van der Waals surface area (Å²) >= 11 is 20.3. The second-order valence-corrected chi connectivity index (χ2v) is 10.6. The summed E-state index contributed by atoms with van der Waals surface area (Å²) in [7, 11) is 0. The molecule has 0 saturated heterocycles. The molecule has 5 rings (SSSR count). The SMILES string of the molecule is Fc1cc(Cl)cnc1Oc1ccccc1-c1ccc(Cl)s1.Oc1ccccc1-c1ccc(Cl)s1. The van der Waals surface area contributed by atoms with E-state index in [1.807, 2.05) is 48.5 Å². The normalized spacial score (nSPS) is 10.5. The highest BCUT2D eigenvalue weighted by Crippen LogP contribution is 2.39. The standard InChI is InChI=1S/C15H8Cl2FNOS.C10H7ClOS/c16-9-7-11(18)15(19-8-9)20-12-4-2-1-3-10(12)13-5-6-14(17)21-13;11-10-6-5-9(13-10)7-3-1-2-4-8(7)12/h1-8H;1-6,12H. The molecule has 34 heavy (non-hydrogen) atoms. The van der Waals surface area contributed by atoms with Crippen molar-refractivity contribution in [2.75, 3.05) is 0 Å². The number of pyridine rings is 1. The molecule has 172 valence electrons. The van der Waals surface area contributed by atoms with Crippen molar-refractivity contribution in [3.05, 3.63) is 105 Å². The van der Waals surface area contributed by atoms with Gasteiger partial charge < -0.3 is 9.84 Å². The number of benzene rings is 2. The minimum atomic E-state index is -0.610. The van der Waals surface area contributed by atoms with Gasteiger partial charge in [-0.3, -0.25) is 0 Å². The highest BCUT2D eigenvalue weighted by atomic mass is 35.5. The topological polar surface area (TPSA) is 42.4 Å². The van der Waals surface area contributed by atoms with E-state index < -0.39 is 5.82 Å². The monoisotopic (exact) mass is 549 g/mol. The van der Waals surface area contributed by atoms with Gasteiger partial charge in [0.15, 0.2) is 5.82 Å². The zero-order chi connectivity index (χ0) is 24.1. The maximum Gasteiger partial charge on any atom is 0.255 e. The molecule has 3 aromatic heterocycles. The molecule has 2 aromatic carbocycles. The first-order valence-corrected chi connectivity index (χ1v) is 12.5. The van der Waals surface area contributed by atoms with Crippen LogP contribution in [0.4, 0.5) is 4.39 Å². The molecule has 0 saturated carbocycles. The molecule has 0 fully saturated rings. The van der Waals surface area contributed by atoms with Gasteiger partial charge >= 0.3 is 0 Å². The first kappa shape index (κ1) is 24.5. The number of aromatic hydroxyl groups is 1. The Balaban J connectivity index is 0.000000180. The molecule has 0 bridgehead atoms. The lowest BCUT2D eigenvalue weighted by Gasteiger charge is -2.09. The van der Waals surface area contributed by atoms with Crippen molar-refractivity contribution in [3.63, 3.8) is 0 Å². The highest BCUT2D eigenvalue weighted by Gasteiger charge is 2.13. The molecule has 9 heteroatoms. The zero-order valence-electron chi connectivity index (χ0n) is 17.2. The van der Waals surface area contributed by atoms with Crippen LogP contribution in [0.25, 0.3) is 20.9 Å². The molecular formula is C25H15Cl3FNO2S2. The van der Waals surface area contributed by atoms with Gasteiger partial charge in [-0.25, -0.2) is 9.37 Å². The third kappa shape index (κ3) is 6.09. The summed E-state index contributed by atoms with van der Waals surface area (Å²) in [5, 5.41) is 9.76. The van der Waals surface area contributed by atoms with Gasteiger partial charge in [0.25, 0.3) is 5.88 Å². The van der Waals surface area contributed by atoms with E-state index in [4.69, 9.17) is 39.5 Å². The summed E-state index contributed by atoms with van der Waals surface area (Å²) in [5.74, 6) is 0.0711. The van der Waals surface area contributed by atoms with Crippen molar-refractivity contribution in [3.8, 4) is 38.3 Å². The van der Waals surface area contributed by atoms with Crippen LogP contribution in [0.2, 0.25) is 13.7 Å². The Morgan fingerprint density at radius 3 is 1.94 bits per heavy atom. The molecule has 0 aliphatic heterocycles. The molecular weight excluding hydrogens is 536 g/mol. The lowest BCUT2D eigenvalue weighted by atomic mass is 10.1. The summed E-state index contributed by atoms with van der Waals surface area (Å²) in [6.07, 6.45) is 1.34. The summed E-state index contributed by atoms with van der Waals surface area (Å²) < 4.78 is 20.8. The molecule has 3 nitrogen and oxygen atoms in total. The van der Waals surface area contributed by atoms with Crippen molar-refractivity contribution >= 4 is 57.5 Å². The molecule has 0 amide bonds. The van der Waals surface area contributed by atoms with E-state index in [0.717, 1.165) is 31.3 Å². The Labute approximate surface area is 218 Å². The molecule has 0 aliphatic rings. The number of phenolic OH excluding ortho intramolecular Hbond substituents is 1. The molecule has 0 spiro atoms. The third-order valence-electron chi connectivity index (χ3n) is 4.45. The van der Waals surface area contributed by atoms with Crippen LogP contribution in [0.1, 0.15) is 0 Å². The Morgan fingerprint density at radius 1 is 0.765 bits per heavy atom. The molecule has 0 unspecified atom stereocenters. The number of aromatic nitrogens is 1. The minimum absolute atomic E-state index is 0.116. The van der Waals surface area contributed by atoms with Crippen LogP contribution in [0.3, 0.4) is 0 Å². The molecule has 1 N–H and O–H groups in total. The van der Waals surface area contributed by atoms with E-state index >= 15 is 0 Å². The number of hydrogen-bond acceptors (Lipinski definition) is 5. The van der Waals surface area contributed by atoms with E-state index in [-0.39, 0.29) is 10.9 Å². The summed E-state index contributed by atoms with van der Waals surface area (Å²) in [6.45, 7) is 0. The van der Waals surface area contributed by atoms with Crippen LogP contribution in [0, 0.1) is 5.82 Å². The fourth-order valence-electron chi connectivity index (χ4n) is 2.94. The van der Waals surface area contributed by atoms with Gasteiger partial charge in [-0.2, -0.15) is 0 Å². The van der Waals surface area contributed by atoms with Crippen LogP contribution in [-0.2, 0) is 0 Å². The van der Waals surface area contributed by atoms with Gasteiger partial charge in [-0.05, 0) is 54.6 Å². The zero-order valence-corrected chi connectivity index (χ0v) is 21.1. The highest BCUT2D eigenvalue weighted by molar-refractivity contribution is 7.19. The van der Waals surface area contributed by atoms with Crippen molar-refractivity contribution < 1.29 is 14.2 Å². The lowest BCUT2D eigenvalue weighted by molar-refractivity contribution is 0.424. The molecule has 0 radical (unpaired) electrons. The molecule has 0 aliphatic carbocycles. The van der Waals surface area contributed by atoms with E-state index in [0.29, 0.717) is 15.8 Å². The number of ether oxygens (including phenoxy) is 1. The number of halogens is 4. The van der Waals surface area contributed by atoms with Crippen LogP contribution < -0.4 is 4.74 Å². The Hall–Kier alpha value is -2.61. The van der Waals surface area contributed by atoms with Crippen LogP contribution in [0.5, 0.6) is 17.4 Å². The average Bonchev–Trinajstić information content (AvgIpc) is 3.45. The number of thiophene rings is 2. The minimum Gasteiger partial charge on any atom is -0.507 e. The number of nitrogens with zero attached hydrogens (tertiary/aromatic N) is 1. The van der Waals surface area contributed by atoms with Crippen molar-refractivity contribution in [1.82, 2.24) is 4.98 Å². The molecule has 3 heterocycles. The largest absolute Gasteiger partial charge is 0.507 e. The van der Waals surface area contributed by atoms with Gasteiger partial charge in [0.1, 0.15) is 11.5 Å². The van der Waals surface area contributed by atoms with E-state index in [1.54, 1.807) is 24.3 Å². The smallest absolute Gasteiger partial charge is 0.255 e.